The normalized spacial score (nSPS) is 13.5. The maximum Gasteiger partial charge on any atom is 0.306 e. The molecule has 2 atom stereocenters. The van der Waals surface area contributed by atoms with E-state index in [-0.39, 0.29) is 32.0 Å². The summed E-state index contributed by atoms with van der Waals surface area (Å²) in [5, 5.41) is 0. The highest BCUT2D eigenvalue weighted by Gasteiger charge is 2.22. The van der Waals surface area contributed by atoms with E-state index in [1.54, 1.807) is 0 Å². The molecule has 0 spiro atoms. The van der Waals surface area contributed by atoms with Gasteiger partial charge in [0.15, 0.2) is 6.10 Å². The van der Waals surface area contributed by atoms with Crippen molar-refractivity contribution in [3.05, 3.63) is 109 Å². The molecule has 0 aliphatic carbocycles. The number of nitrogens with zero attached hydrogens (tertiary/aromatic N) is 1. The Morgan fingerprint density at radius 1 is 0.308 bits per heavy atom. The summed E-state index contributed by atoms with van der Waals surface area (Å²) in [5.41, 5.74) is 0. The van der Waals surface area contributed by atoms with E-state index < -0.39 is 26.5 Å². The molecule has 0 N–H and O–H groups in total. The van der Waals surface area contributed by atoms with Crippen molar-refractivity contribution >= 4 is 19.8 Å². The lowest BCUT2D eigenvalue weighted by Gasteiger charge is -2.28. The minimum absolute atomic E-state index is 0.0305. The molecule has 104 heavy (non-hydrogen) atoms. The van der Waals surface area contributed by atoms with E-state index in [1.165, 1.54) is 302 Å². The molecule has 0 aliphatic rings. The summed E-state index contributed by atoms with van der Waals surface area (Å²) in [7, 11) is 1.18. The number of phosphoric acid groups is 1. The van der Waals surface area contributed by atoms with E-state index in [2.05, 4.69) is 123 Å². The first-order valence-corrected chi connectivity index (χ1v) is 46.1. The van der Waals surface area contributed by atoms with Gasteiger partial charge < -0.3 is 27.9 Å². The van der Waals surface area contributed by atoms with Crippen LogP contribution in [0.25, 0.3) is 0 Å². The first kappa shape index (κ1) is 101. The molecule has 0 aromatic heterocycles. The molecule has 9 nitrogen and oxygen atoms in total. The molecule has 604 valence electrons. The van der Waals surface area contributed by atoms with Crippen molar-refractivity contribution < 1.29 is 42.1 Å². The van der Waals surface area contributed by atoms with Crippen LogP contribution in [0.15, 0.2) is 109 Å². The molecule has 0 rings (SSSR count). The second-order valence-corrected chi connectivity index (χ2v) is 32.6. The number of allylic oxidation sites excluding steroid dienone is 18. The summed E-state index contributed by atoms with van der Waals surface area (Å²) >= 11 is 0. The van der Waals surface area contributed by atoms with Gasteiger partial charge in [-0.15, -0.1) is 0 Å². The van der Waals surface area contributed by atoms with Gasteiger partial charge in [0.2, 0.25) is 0 Å². The van der Waals surface area contributed by atoms with Crippen molar-refractivity contribution in [1.29, 1.82) is 0 Å². The van der Waals surface area contributed by atoms with Gasteiger partial charge in [-0.1, -0.05) is 419 Å². The Hall–Kier alpha value is -3.33. The maximum absolute atomic E-state index is 12.9. The number of hydrogen-bond acceptors (Lipinski definition) is 8. The van der Waals surface area contributed by atoms with Crippen LogP contribution in [0.5, 0.6) is 0 Å². The largest absolute Gasteiger partial charge is 0.756 e. The Morgan fingerprint density at radius 2 is 0.548 bits per heavy atom. The molecule has 0 saturated heterocycles. The minimum Gasteiger partial charge on any atom is -0.756 e. The van der Waals surface area contributed by atoms with Gasteiger partial charge in [0, 0.05) is 12.8 Å². The van der Waals surface area contributed by atoms with Gasteiger partial charge >= 0.3 is 11.9 Å². The van der Waals surface area contributed by atoms with Crippen LogP contribution < -0.4 is 4.89 Å². The molecule has 0 heterocycles. The summed E-state index contributed by atoms with van der Waals surface area (Å²) in [6.45, 7) is 4.18. The van der Waals surface area contributed by atoms with Gasteiger partial charge in [0.05, 0.1) is 27.7 Å². The molecule has 2 unspecified atom stereocenters. The van der Waals surface area contributed by atoms with E-state index in [0.29, 0.717) is 17.4 Å². The Kier molecular flexibility index (Phi) is 81.0. The molecule has 0 aromatic rings. The van der Waals surface area contributed by atoms with Gasteiger partial charge in [0.1, 0.15) is 19.8 Å². The third-order valence-electron chi connectivity index (χ3n) is 19.8. The smallest absolute Gasteiger partial charge is 0.306 e. The van der Waals surface area contributed by atoms with Crippen LogP contribution in [0.1, 0.15) is 425 Å². The molecule has 0 amide bonds. The van der Waals surface area contributed by atoms with Gasteiger partial charge in [-0.3, -0.25) is 14.2 Å². The molecule has 0 saturated carbocycles. The second-order valence-electron chi connectivity index (χ2n) is 31.2. The van der Waals surface area contributed by atoms with Crippen molar-refractivity contribution in [3.63, 3.8) is 0 Å². The average Bonchev–Trinajstić information content (AvgIpc) is 0.920. The Morgan fingerprint density at radius 3 is 0.817 bits per heavy atom. The Balaban J connectivity index is 3.88. The zero-order valence-electron chi connectivity index (χ0n) is 69.2. The number of carbonyl (C=O) groups excluding carboxylic acids is 2. The van der Waals surface area contributed by atoms with Gasteiger partial charge in [-0.05, 0) is 103 Å². The summed E-state index contributed by atoms with van der Waals surface area (Å²) in [6, 6.07) is 0. The number of esters is 2. The first-order chi connectivity index (χ1) is 51.0. The number of ether oxygens (including phenoxy) is 2. The summed E-state index contributed by atoms with van der Waals surface area (Å²) in [4.78, 5) is 38.3. The molecule has 0 radical (unpaired) electrons. The quantitative estimate of drug-likeness (QED) is 0.0195. The van der Waals surface area contributed by atoms with Crippen LogP contribution >= 0.6 is 7.82 Å². The van der Waals surface area contributed by atoms with Crippen molar-refractivity contribution in [1.82, 2.24) is 0 Å². The molecule has 0 fully saturated rings. The van der Waals surface area contributed by atoms with Crippen LogP contribution in [0.2, 0.25) is 0 Å². The Bertz CT molecular complexity index is 2130. The van der Waals surface area contributed by atoms with E-state index in [1.807, 2.05) is 21.1 Å². The summed E-state index contributed by atoms with van der Waals surface area (Å²) in [6.07, 6.45) is 120. The Labute approximate surface area is 646 Å². The lowest BCUT2D eigenvalue weighted by molar-refractivity contribution is -0.870. The van der Waals surface area contributed by atoms with Crippen LogP contribution in [0.3, 0.4) is 0 Å². The van der Waals surface area contributed by atoms with Crippen LogP contribution in [0, 0.1) is 0 Å². The second kappa shape index (κ2) is 83.7. The van der Waals surface area contributed by atoms with Gasteiger partial charge in [-0.25, -0.2) is 0 Å². The fourth-order valence-corrected chi connectivity index (χ4v) is 13.8. The number of phosphoric ester groups is 1. The number of hydrogen-bond donors (Lipinski definition) is 0. The third-order valence-corrected chi connectivity index (χ3v) is 20.7. The van der Waals surface area contributed by atoms with E-state index in [0.717, 1.165) is 89.9 Å². The maximum atomic E-state index is 12.9. The highest BCUT2D eigenvalue weighted by atomic mass is 31.2. The molecule has 0 bridgehead atoms. The molecule has 10 heteroatoms. The molecule has 0 aromatic carbocycles. The van der Waals surface area contributed by atoms with Crippen molar-refractivity contribution in [2.75, 3.05) is 47.5 Å². The predicted octanol–water partition coefficient (Wildman–Crippen LogP) is 29.7. The van der Waals surface area contributed by atoms with Gasteiger partial charge in [0.25, 0.3) is 7.82 Å². The number of carbonyl (C=O) groups is 2. The van der Waals surface area contributed by atoms with Crippen molar-refractivity contribution in [2.45, 2.75) is 431 Å². The van der Waals surface area contributed by atoms with Crippen molar-refractivity contribution in [2.24, 2.45) is 0 Å². The number of quaternary nitrogens is 1. The third kappa shape index (κ3) is 87.6. The molecule has 0 aliphatic heterocycles. The first-order valence-electron chi connectivity index (χ1n) is 44.6. The highest BCUT2D eigenvalue weighted by Crippen LogP contribution is 2.38. The lowest BCUT2D eigenvalue weighted by Crippen LogP contribution is -2.37. The SMILES string of the molecule is CC/C=C\C/C=C\C/C=C\C/C=C\C/C=C\C/C=C\C/C=C\CCCCCCCCCCCCCCCCCCCCCC(=O)OC(COC(=O)CCCCCCCCCCCCCCCCCCCCCCCCCCCCC/C=C\C/C=C\CCCCCCC)COP(=O)([O-])OCC[N+](C)(C)C. The van der Waals surface area contributed by atoms with Crippen molar-refractivity contribution in [3.8, 4) is 0 Å². The zero-order chi connectivity index (χ0) is 75.4. The standard InChI is InChI=1S/C94H170NO8P/c1-6-8-10-12-14-16-18-20-22-24-26-28-30-32-34-36-38-40-42-44-46-47-49-51-53-55-57-59-61-63-65-67-69-71-73-75-77-79-81-83-85-87-94(97)103-92(91-102-104(98,99)101-89-88-95(3,4)5)90-100-93(96)86-84-82-80-78-76-74-72-70-68-66-64-62-60-58-56-54-52-50-48-45-43-41-39-37-35-33-31-29-27-25-23-21-19-17-15-13-11-9-7-2/h8,10,14,16,19-22,25-28,32,34,38,40,44,46,92H,6-7,9,11-13,15,17-18,23-24,29-31,33,35-37,39,41-43,45,47-91H2,1-5H3/b10-8-,16-14-,21-19-,22-20-,27-25-,28-26-,34-32-,40-38-,46-44-. The van der Waals surface area contributed by atoms with E-state index in [9.17, 15) is 19.0 Å². The van der Waals surface area contributed by atoms with Crippen LogP contribution in [-0.4, -0.2) is 70.0 Å². The molecular weight excluding hydrogens is 1300 g/mol. The van der Waals surface area contributed by atoms with E-state index in [4.69, 9.17) is 18.5 Å². The highest BCUT2D eigenvalue weighted by molar-refractivity contribution is 7.45. The number of likely N-dealkylation sites (N-methyl/N-ethyl adjacent to an activating group) is 1. The van der Waals surface area contributed by atoms with Crippen LogP contribution in [-0.2, 0) is 32.7 Å². The summed E-state index contributed by atoms with van der Waals surface area (Å²) in [5.74, 6) is -0.813. The van der Waals surface area contributed by atoms with Crippen LogP contribution in [0.4, 0.5) is 0 Å². The topological polar surface area (TPSA) is 111 Å². The molecular formula is C94H170NO8P. The fourth-order valence-electron chi connectivity index (χ4n) is 13.0. The monoisotopic (exact) mass is 1470 g/mol. The number of rotatable bonds is 83. The lowest BCUT2D eigenvalue weighted by atomic mass is 10.0. The fraction of sp³-hybridized carbons (Fsp3) is 0.787. The minimum atomic E-state index is -4.65. The van der Waals surface area contributed by atoms with Gasteiger partial charge in [-0.2, -0.15) is 0 Å². The zero-order valence-corrected chi connectivity index (χ0v) is 70.1. The number of unbranched alkanes of at least 4 members (excludes halogenated alkanes) is 51. The predicted molar refractivity (Wildman–Crippen MR) is 452 cm³/mol. The summed E-state index contributed by atoms with van der Waals surface area (Å²) < 4.78 is 34.5. The van der Waals surface area contributed by atoms with E-state index >= 15 is 0 Å². The average molecular weight is 1470 g/mol.